The van der Waals surface area contributed by atoms with Gasteiger partial charge >= 0.3 is 0 Å². The Labute approximate surface area is 106 Å². The standard InChI is InChI=1S/C12H26N2O2S/c1-4-8-13-9-10-17(15,16)14-11(3)6-7-12(14)5-2/h11-13H,4-10H2,1-3H3. The van der Waals surface area contributed by atoms with Gasteiger partial charge in [0.25, 0.3) is 0 Å². The fourth-order valence-electron chi connectivity index (χ4n) is 2.54. The fourth-order valence-corrected chi connectivity index (χ4v) is 4.52. The van der Waals surface area contributed by atoms with Gasteiger partial charge in [-0.3, -0.25) is 0 Å². The zero-order valence-electron chi connectivity index (χ0n) is 11.3. The van der Waals surface area contributed by atoms with Crippen LogP contribution in [-0.2, 0) is 10.0 Å². The third kappa shape index (κ3) is 3.93. The molecule has 0 aromatic heterocycles. The smallest absolute Gasteiger partial charge is 0.215 e. The molecule has 0 saturated carbocycles. The summed E-state index contributed by atoms with van der Waals surface area (Å²) < 4.78 is 26.3. The molecule has 0 spiro atoms. The SMILES string of the molecule is CCCNCCS(=O)(=O)N1C(C)CCC1CC. The molecule has 1 saturated heterocycles. The van der Waals surface area contributed by atoms with Crippen LogP contribution in [0.4, 0.5) is 0 Å². The minimum atomic E-state index is -3.08. The lowest BCUT2D eigenvalue weighted by molar-refractivity contribution is 0.328. The molecule has 102 valence electrons. The van der Waals surface area contributed by atoms with Gasteiger partial charge in [0.1, 0.15) is 0 Å². The normalized spacial score (nSPS) is 26.5. The topological polar surface area (TPSA) is 49.4 Å². The minimum absolute atomic E-state index is 0.177. The molecular formula is C12H26N2O2S. The maximum atomic E-state index is 12.3. The zero-order chi connectivity index (χ0) is 12.9. The first-order chi connectivity index (χ1) is 8.03. The van der Waals surface area contributed by atoms with Crippen molar-refractivity contribution >= 4 is 10.0 Å². The predicted molar refractivity (Wildman–Crippen MR) is 71.6 cm³/mol. The van der Waals surface area contributed by atoms with Crippen molar-refractivity contribution in [1.29, 1.82) is 0 Å². The molecule has 0 amide bonds. The molecule has 1 N–H and O–H groups in total. The average molecular weight is 262 g/mol. The van der Waals surface area contributed by atoms with Gasteiger partial charge in [0.05, 0.1) is 5.75 Å². The van der Waals surface area contributed by atoms with Gasteiger partial charge < -0.3 is 5.32 Å². The Morgan fingerprint density at radius 2 is 1.94 bits per heavy atom. The van der Waals surface area contributed by atoms with Crippen LogP contribution < -0.4 is 5.32 Å². The van der Waals surface area contributed by atoms with E-state index in [2.05, 4.69) is 19.2 Å². The van der Waals surface area contributed by atoms with Gasteiger partial charge in [-0.2, -0.15) is 4.31 Å². The van der Waals surface area contributed by atoms with Crippen molar-refractivity contribution in [1.82, 2.24) is 9.62 Å². The molecule has 17 heavy (non-hydrogen) atoms. The maximum Gasteiger partial charge on any atom is 0.215 e. The number of nitrogens with zero attached hydrogens (tertiary/aromatic N) is 1. The van der Waals surface area contributed by atoms with E-state index in [0.29, 0.717) is 6.54 Å². The van der Waals surface area contributed by atoms with Gasteiger partial charge in [0.2, 0.25) is 10.0 Å². The fraction of sp³-hybridized carbons (Fsp3) is 1.00. The first-order valence-corrected chi connectivity index (χ1v) is 8.35. The van der Waals surface area contributed by atoms with E-state index in [9.17, 15) is 8.42 Å². The van der Waals surface area contributed by atoms with Gasteiger partial charge in [0, 0.05) is 18.6 Å². The van der Waals surface area contributed by atoms with Crippen molar-refractivity contribution in [3.8, 4) is 0 Å². The average Bonchev–Trinajstić information content (AvgIpc) is 2.66. The highest BCUT2D eigenvalue weighted by Gasteiger charge is 2.37. The first kappa shape index (κ1) is 14.9. The van der Waals surface area contributed by atoms with E-state index < -0.39 is 10.0 Å². The number of hydrogen-bond acceptors (Lipinski definition) is 3. The summed E-state index contributed by atoms with van der Waals surface area (Å²) >= 11 is 0. The molecule has 1 aliphatic rings. The van der Waals surface area contributed by atoms with Crippen LogP contribution >= 0.6 is 0 Å². The molecule has 0 aromatic rings. The van der Waals surface area contributed by atoms with Crippen LogP contribution in [-0.4, -0.2) is 43.6 Å². The largest absolute Gasteiger partial charge is 0.316 e. The lowest BCUT2D eigenvalue weighted by atomic mass is 10.2. The van der Waals surface area contributed by atoms with Gasteiger partial charge in [-0.05, 0) is 39.2 Å². The number of sulfonamides is 1. The van der Waals surface area contributed by atoms with Crippen LogP contribution in [0.5, 0.6) is 0 Å². The maximum absolute atomic E-state index is 12.3. The van der Waals surface area contributed by atoms with Gasteiger partial charge in [0.15, 0.2) is 0 Å². The van der Waals surface area contributed by atoms with Crippen LogP contribution in [0.25, 0.3) is 0 Å². The summed E-state index contributed by atoms with van der Waals surface area (Å²) in [6, 6.07) is 0.400. The number of nitrogens with one attached hydrogen (secondary N) is 1. The van der Waals surface area contributed by atoms with E-state index >= 15 is 0 Å². The van der Waals surface area contributed by atoms with E-state index in [1.807, 2.05) is 6.92 Å². The molecule has 0 aliphatic carbocycles. The summed E-state index contributed by atoms with van der Waals surface area (Å²) in [7, 11) is -3.08. The van der Waals surface area contributed by atoms with Crippen LogP contribution in [0.15, 0.2) is 0 Å². The Bertz CT molecular complexity index is 316. The van der Waals surface area contributed by atoms with E-state index in [1.165, 1.54) is 0 Å². The Kier molecular flexibility index (Phi) is 5.89. The highest BCUT2D eigenvalue weighted by atomic mass is 32.2. The van der Waals surface area contributed by atoms with Gasteiger partial charge in [-0.15, -0.1) is 0 Å². The Morgan fingerprint density at radius 3 is 2.53 bits per heavy atom. The van der Waals surface area contributed by atoms with Crippen molar-refractivity contribution in [2.24, 2.45) is 0 Å². The summed E-state index contributed by atoms with van der Waals surface area (Å²) in [5.74, 6) is 0.230. The lowest BCUT2D eigenvalue weighted by Gasteiger charge is -2.27. The molecule has 2 unspecified atom stereocenters. The quantitative estimate of drug-likeness (QED) is 0.709. The zero-order valence-corrected chi connectivity index (χ0v) is 12.1. The minimum Gasteiger partial charge on any atom is -0.316 e. The number of hydrogen-bond donors (Lipinski definition) is 1. The molecule has 1 fully saturated rings. The number of rotatable bonds is 7. The molecule has 4 nitrogen and oxygen atoms in total. The summed E-state index contributed by atoms with van der Waals surface area (Å²) in [6.07, 6.45) is 3.98. The van der Waals surface area contributed by atoms with E-state index in [0.717, 1.165) is 32.2 Å². The Hall–Kier alpha value is -0.130. The first-order valence-electron chi connectivity index (χ1n) is 6.74. The molecule has 0 aromatic carbocycles. The molecule has 5 heteroatoms. The third-order valence-electron chi connectivity index (χ3n) is 3.47. The molecule has 0 bridgehead atoms. The van der Waals surface area contributed by atoms with Gasteiger partial charge in [-0.25, -0.2) is 8.42 Å². The molecule has 1 rings (SSSR count). The second-order valence-corrected chi connectivity index (χ2v) is 6.88. The van der Waals surface area contributed by atoms with Crippen LogP contribution in [0.2, 0.25) is 0 Å². The van der Waals surface area contributed by atoms with Crippen molar-refractivity contribution in [2.45, 2.75) is 58.5 Å². The molecule has 0 radical (unpaired) electrons. The van der Waals surface area contributed by atoms with Crippen molar-refractivity contribution < 1.29 is 8.42 Å². The molecule has 1 heterocycles. The second-order valence-electron chi connectivity index (χ2n) is 4.88. The molecule has 1 aliphatic heterocycles. The van der Waals surface area contributed by atoms with Crippen molar-refractivity contribution in [2.75, 3.05) is 18.8 Å². The third-order valence-corrected chi connectivity index (χ3v) is 5.49. The van der Waals surface area contributed by atoms with E-state index in [1.54, 1.807) is 4.31 Å². The van der Waals surface area contributed by atoms with E-state index in [-0.39, 0.29) is 17.8 Å². The highest BCUT2D eigenvalue weighted by Crippen LogP contribution is 2.28. The van der Waals surface area contributed by atoms with Crippen molar-refractivity contribution in [3.63, 3.8) is 0 Å². The summed E-state index contributed by atoms with van der Waals surface area (Å²) in [5.41, 5.74) is 0. The lowest BCUT2D eigenvalue weighted by Crippen LogP contribution is -2.42. The monoisotopic (exact) mass is 262 g/mol. The van der Waals surface area contributed by atoms with Gasteiger partial charge in [-0.1, -0.05) is 13.8 Å². The summed E-state index contributed by atoms with van der Waals surface area (Å²) in [6.45, 7) is 7.63. The summed E-state index contributed by atoms with van der Waals surface area (Å²) in [5, 5.41) is 3.16. The van der Waals surface area contributed by atoms with Crippen molar-refractivity contribution in [3.05, 3.63) is 0 Å². The van der Waals surface area contributed by atoms with Crippen LogP contribution in [0.1, 0.15) is 46.5 Å². The highest BCUT2D eigenvalue weighted by molar-refractivity contribution is 7.89. The Balaban J connectivity index is 2.55. The van der Waals surface area contributed by atoms with E-state index in [4.69, 9.17) is 0 Å². The Morgan fingerprint density at radius 1 is 1.24 bits per heavy atom. The molecule has 2 atom stereocenters. The van der Waals surface area contributed by atoms with Crippen LogP contribution in [0.3, 0.4) is 0 Å². The second kappa shape index (κ2) is 6.71. The predicted octanol–water partition coefficient (Wildman–Crippen LogP) is 1.58. The van der Waals surface area contributed by atoms with Crippen LogP contribution in [0, 0.1) is 0 Å². The molecular weight excluding hydrogens is 236 g/mol. The summed E-state index contributed by atoms with van der Waals surface area (Å²) in [4.78, 5) is 0.